The summed E-state index contributed by atoms with van der Waals surface area (Å²) in [6.07, 6.45) is 5.82. The zero-order chi connectivity index (χ0) is 23.2. The Hall–Kier alpha value is -2.75. The molecule has 3 aromatic rings. The standard InChI is InChI=1S/C29H25Cl2NO2/c30-20-12-18(13-21(31)16-20)19-14-22-6-5-7-23(15-19)32(22)29(33)34-17-28-26-10-3-1-8-24(26)25-9-2-4-11-27(25)28/h1-4,8-14,16,22-23,28H,5-7,15,17H2. The minimum Gasteiger partial charge on any atom is -0.448 e. The van der Waals surface area contributed by atoms with Gasteiger partial charge in [-0.1, -0.05) is 77.8 Å². The Kier molecular flexibility index (Phi) is 5.63. The molecule has 0 spiro atoms. The normalized spacial score (nSPS) is 21.0. The van der Waals surface area contributed by atoms with Gasteiger partial charge in [0.25, 0.3) is 0 Å². The molecule has 1 saturated heterocycles. The highest BCUT2D eigenvalue weighted by atomic mass is 35.5. The van der Waals surface area contributed by atoms with Crippen LogP contribution in [-0.2, 0) is 4.74 Å². The highest BCUT2D eigenvalue weighted by Crippen LogP contribution is 2.45. The number of ether oxygens (including phenoxy) is 1. The van der Waals surface area contributed by atoms with E-state index in [0.29, 0.717) is 16.7 Å². The fraction of sp³-hybridized carbons (Fsp3) is 0.276. The van der Waals surface area contributed by atoms with Gasteiger partial charge in [0.15, 0.2) is 0 Å². The molecule has 34 heavy (non-hydrogen) atoms. The first-order chi connectivity index (χ1) is 16.6. The molecular formula is C29H25Cl2NO2. The molecule has 0 N–H and O–H groups in total. The van der Waals surface area contributed by atoms with Crippen LogP contribution in [0.3, 0.4) is 0 Å². The van der Waals surface area contributed by atoms with Crippen LogP contribution in [0.2, 0.25) is 10.0 Å². The van der Waals surface area contributed by atoms with Gasteiger partial charge in [-0.2, -0.15) is 0 Å². The summed E-state index contributed by atoms with van der Waals surface area (Å²) in [7, 11) is 0. The molecule has 5 heteroatoms. The quantitative estimate of drug-likeness (QED) is 0.373. The first kappa shape index (κ1) is 21.8. The third-order valence-corrected chi connectivity index (χ3v) is 7.85. The Morgan fingerprint density at radius 2 is 1.56 bits per heavy atom. The Bertz CT molecular complexity index is 1240. The molecule has 0 aromatic heterocycles. The van der Waals surface area contributed by atoms with E-state index in [-0.39, 0.29) is 24.1 Å². The number of benzene rings is 3. The minimum atomic E-state index is -0.212. The number of carbonyl (C=O) groups excluding carboxylic acids is 1. The Morgan fingerprint density at radius 1 is 0.912 bits per heavy atom. The number of halogens is 2. The van der Waals surface area contributed by atoms with E-state index in [4.69, 9.17) is 27.9 Å². The van der Waals surface area contributed by atoms with Crippen molar-refractivity contribution < 1.29 is 9.53 Å². The topological polar surface area (TPSA) is 29.5 Å². The number of amides is 1. The van der Waals surface area contributed by atoms with Crippen molar-refractivity contribution in [2.75, 3.05) is 6.61 Å². The van der Waals surface area contributed by atoms with Crippen LogP contribution in [0.4, 0.5) is 4.79 Å². The smallest absolute Gasteiger partial charge is 0.410 e. The molecule has 2 unspecified atom stereocenters. The van der Waals surface area contributed by atoms with Gasteiger partial charge in [-0.15, -0.1) is 0 Å². The van der Waals surface area contributed by atoms with Crippen LogP contribution >= 0.6 is 23.2 Å². The summed E-state index contributed by atoms with van der Waals surface area (Å²) >= 11 is 12.5. The lowest BCUT2D eigenvalue weighted by Crippen LogP contribution is -2.51. The third kappa shape index (κ3) is 3.81. The van der Waals surface area contributed by atoms with Crippen molar-refractivity contribution in [2.24, 2.45) is 0 Å². The van der Waals surface area contributed by atoms with E-state index in [1.54, 1.807) is 6.07 Å². The van der Waals surface area contributed by atoms with E-state index in [1.807, 2.05) is 17.0 Å². The Morgan fingerprint density at radius 3 is 2.21 bits per heavy atom. The second kappa shape index (κ2) is 8.79. The predicted octanol–water partition coefficient (Wildman–Crippen LogP) is 7.95. The average molecular weight is 490 g/mol. The third-order valence-electron chi connectivity index (χ3n) is 7.42. The first-order valence-electron chi connectivity index (χ1n) is 11.9. The zero-order valence-corrected chi connectivity index (χ0v) is 20.2. The molecule has 172 valence electrons. The maximum Gasteiger partial charge on any atom is 0.410 e. The Balaban J connectivity index is 1.22. The molecule has 2 heterocycles. The monoisotopic (exact) mass is 489 g/mol. The van der Waals surface area contributed by atoms with Gasteiger partial charge >= 0.3 is 6.09 Å². The molecule has 3 nitrogen and oxygen atoms in total. The van der Waals surface area contributed by atoms with Gasteiger partial charge in [0.1, 0.15) is 6.61 Å². The first-order valence-corrected chi connectivity index (χ1v) is 12.6. The molecule has 2 bridgehead atoms. The molecule has 0 saturated carbocycles. The van der Waals surface area contributed by atoms with Crippen molar-refractivity contribution in [1.82, 2.24) is 4.90 Å². The van der Waals surface area contributed by atoms with E-state index in [1.165, 1.54) is 27.8 Å². The predicted molar refractivity (Wildman–Crippen MR) is 137 cm³/mol. The largest absolute Gasteiger partial charge is 0.448 e. The van der Waals surface area contributed by atoms with Crippen LogP contribution in [0.15, 0.2) is 72.8 Å². The number of nitrogens with zero attached hydrogens (tertiary/aromatic N) is 1. The molecule has 1 aliphatic carbocycles. The van der Waals surface area contributed by atoms with Crippen LogP contribution in [0.25, 0.3) is 16.7 Å². The van der Waals surface area contributed by atoms with Crippen LogP contribution in [0.5, 0.6) is 0 Å². The SMILES string of the molecule is O=C(OCC1c2ccccc2-c2ccccc21)N1C2C=C(c3cc(Cl)cc(Cl)c3)CC1CCC2. The van der Waals surface area contributed by atoms with Crippen molar-refractivity contribution in [3.8, 4) is 11.1 Å². The van der Waals surface area contributed by atoms with Crippen LogP contribution in [-0.4, -0.2) is 29.7 Å². The molecule has 6 rings (SSSR count). The molecule has 3 aliphatic rings. The van der Waals surface area contributed by atoms with E-state index >= 15 is 0 Å². The van der Waals surface area contributed by atoms with Crippen molar-refractivity contribution >= 4 is 34.9 Å². The zero-order valence-electron chi connectivity index (χ0n) is 18.7. The summed E-state index contributed by atoms with van der Waals surface area (Å²) < 4.78 is 6.01. The van der Waals surface area contributed by atoms with E-state index in [2.05, 4.69) is 54.6 Å². The second-order valence-corrected chi connectivity index (χ2v) is 10.3. The van der Waals surface area contributed by atoms with Crippen LogP contribution in [0, 0.1) is 0 Å². The molecule has 1 amide bonds. The number of fused-ring (bicyclic) bond motifs is 5. The van der Waals surface area contributed by atoms with Crippen molar-refractivity contribution in [3.63, 3.8) is 0 Å². The number of rotatable bonds is 3. The number of carbonyl (C=O) groups is 1. The highest BCUT2D eigenvalue weighted by Gasteiger charge is 2.39. The Labute approximate surface area is 209 Å². The van der Waals surface area contributed by atoms with Crippen molar-refractivity contribution in [3.05, 3.63) is 99.5 Å². The molecular weight excluding hydrogens is 465 g/mol. The minimum absolute atomic E-state index is 0.0379. The van der Waals surface area contributed by atoms with Crippen molar-refractivity contribution in [2.45, 2.75) is 43.7 Å². The average Bonchev–Trinajstić information content (AvgIpc) is 3.15. The van der Waals surface area contributed by atoms with Gasteiger partial charge in [0, 0.05) is 22.0 Å². The number of hydrogen-bond donors (Lipinski definition) is 0. The lowest BCUT2D eigenvalue weighted by molar-refractivity contribution is 0.0539. The summed E-state index contributed by atoms with van der Waals surface area (Å²) in [5, 5.41) is 1.26. The second-order valence-electron chi connectivity index (χ2n) is 9.42. The van der Waals surface area contributed by atoms with Gasteiger partial charge in [-0.05, 0) is 77.3 Å². The summed E-state index contributed by atoms with van der Waals surface area (Å²) in [5.41, 5.74) is 7.19. The summed E-state index contributed by atoms with van der Waals surface area (Å²) in [5.74, 6) is 0.0701. The van der Waals surface area contributed by atoms with E-state index in [0.717, 1.165) is 31.2 Å². The maximum absolute atomic E-state index is 13.4. The van der Waals surface area contributed by atoms with Gasteiger partial charge < -0.3 is 4.74 Å². The van der Waals surface area contributed by atoms with Gasteiger partial charge in [0.2, 0.25) is 0 Å². The molecule has 3 aromatic carbocycles. The summed E-state index contributed by atoms with van der Waals surface area (Å²) in [6, 6.07) is 22.7. The maximum atomic E-state index is 13.4. The van der Waals surface area contributed by atoms with Gasteiger partial charge in [-0.3, -0.25) is 4.90 Å². The lowest BCUT2D eigenvalue weighted by Gasteiger charge is -2.44. The molecule has 2 aliphatic heterocycles. The highest BCUT2D eigenvalue weighted by molar-refractivity contribution is 6.34. The number of piperidine rings is 1. The van der Waals surface area contributed by atoms with Gasteiger partial charge in [0.05, 0.1) is 6.04 Å². The summed E-state index contributed by atoms with van der Waals surface area (Å²) in [4.78, 5) is 15.3. The van der Waals surface area contributed by atoms with Crippen LogP contribution < -0.4 is 0 Å². The fourth-order valence-electron chi connectivity index (χ4n) is 5.94. The van der Waals surface area contributed by atoms with E-state index < -0.39 is 0 Å². The molecule has 1 fully saturated rings. The molecule has 0 radical (unpaired) electrons. The lowest BCUT2D eigenvalue weighted by atomic mass is 9.83. The summed E-state index contributed by atoms with van der Waals surface area (Å²) in [6.45, 7) is 0.350. The fourth-order valence-corrected chi connectivity index (χ4v) is 6.46. The van der Waals surface area contributed by atoms with E-state index in [9.17, 15) is 4.79 Å². The molecule has 2 atom stereocenters. The van der Waals surface area contributed by atoms with Gasteiger partial charge in [-0.25, -0.2) is 4.79 Å². The number of hydrogen-bond acceptors (Lipinski definition) is 2. The van der Waals surface area contributed by atoms with Crippen LogP contribution in [0.1, 0.15) is 48.3 Å². The van der Waals surface area contributed by atoms with Crippen molar-refractivity contribution in [1.29, 1.82) is 0 Å².